The Balaban J connectivity index is 1.42. The standard InChI is InChI=1S/C26H24N6O4S/c1-17-13-22(25(33)27-9-11-32-12-10-28-31-32)24(29-17)15-21-20-14-19(7-8-23(20)30-26(21)34)37(35,36)16-18-5-3-2-4-6-18/h2-8,10,12-15,29H,9,11,16H2,1H3,(H,27,33)(H,30,34)/b21-15-. The molecule has 1 aliphatic heterocycles. The zero-order chi connectivity index (χ0) is 26.0. The molecular formula is C26H24N6O4S. The van der Waals surface area contributed by atoms with Gasteiger partial charge in [-0.3, -0.25) is 14.3 Å². The second-order valence-electron chi connectivity index (χ2n) is 8.67. The number of H-pyrrole nitrogens is 1. The van der Waals surface area contributed by atoms with Crippen LogP contribution in [0.15, 0.2) is 71.9 Å². The number of aryl methyl sites for hydroxylation is 1. The van der Waals surface area contributed by atoms with E-state index < -0.39 is 9.84 Å². The van der Waals surface area contributed by atoms with Crippen molar-refractivity contribution in [1.29, 1.82) is 0 Å². The molecule has 188 valence electrons. The van der Waals surface area contributed by atoms with Crippen LogP contribution in [0, 0.1) is 6.92 Å². The summed E-state index contributed by atoms with van der Waals surface area (Å²) >= 11 is 0. The zero-order valence-electron chi connectivity index (χ0n) is 19.9. The Hall–Kier alpha value is -4.51. The summed E-state index contributed by atoms with van der Waals surface area (Å²) in [5.41, 5.74) is 3.48. The molecule has 2 aromatic carbocycles. The van der Waals surface area contributed by atoms with E-state index in [-0.39, 0.29) is 28.0 Å². The predicted octanol–water partition coefficient (Wildman–Crippen LogP) is 2.81. The SMILES string of the molecule is Cc1cc(C(=O)NCCn2ccnn2)c(/C=C2\C(=O)Nc3ccc(S(=O)(=O)Cc4ccccc4)cc32)[nH]1. The second-order valence-corrected chi connectivity index (χ2v) is 10.7. The summed E-state index contributed by atoms with van der Waals surface area (Å²) in [7, 11) is -3.64. The van der Waals surface area contributed by atoms with Crippen LogP contribution in [0.1, 0.15) is 32.9 Å². The molecule has 2 amide bonds. The molecule has 0 saturated carbocycles. The number of hydrogen-bond donors (Lipinski definition) is 3. The predicted molar refractivity (Wildman–Crippen MR) is 138 cm³/mol. The van der Waals surface area contributed by atoms with Crippen LogP contribution in [0.3, 0.4) is 0 Å². The first kappa shape index (κ1) is 24.2. The van der Waals surface area contributed by atoms with E-state index in [1.54, 1.807) is 59.5 Å². The number of carbonyl (C=O) groups excluding carboxylic acids is 2. The molecule has 10 nitrogen and oxygen atoms in total. The number of nitrogens with zero attached hydrogens (tertiary/aromatic N) is 3. The Bertz CT molecular complexity index is 1610. The van der Waals surface area contributed by atoms with Crippen molar-refractivity contribution in [3.05, 3.63) is 95.1 Å². The van der Waals surface area contributed by atoms with Crippen LogP contribution in [-0.4, -0.2) is 46.8 Å². The minimum Gasteiger partial charge on any atom is -0.358 e. The van der Waals surface area contributed by atoms with E-state index in [2.05, 4.69) is 25.9 Å². The van der Waals surface area contributed by atoms with Gasteiger partial charge < -0.3 is 15.6 Å². The van der Waals surface area contributed by atoms with Crippen molar-refractivity contribution >= 4 is 39.0 Å². The van der Waals surface area contributed by atoms with E-state index in [4.69, 9.17) is 0 Å². The molecule has 0 atom stereocenters. The fourth-order valence-electron chi connectivity index (χ4n) is 4.17. The first-order chi connectivity index (χ1) is 17.8. The number of benzene rings is 2. The van der Waals surface area contributed by atoms with Gasteiger partial charge in [0.1, 0.15) is 0 Å². The summed E-state index contributed by atoms with van der Waals surface area (Å²) in [5, 5.41) is 13.2. The first-order valence-electron chi connectivity index (χ1n) is 11.6. The molecule has 0 unspecified atom stereocenters. The highest BCUT2D eigenvalue weighted by Crippen LogP contribution is 2.35. The van der Waals surface area contributed by atoms with E-state index in [0.29, 0.717) is 41.2 Å². The summed E-state index contributed by atoms with van der Waals surface area (Å²) in [6.45, 7) is 2.61. The molecule has 3 N–H and O–H groups in total. The van der Waals surface area contributed by atoms with Crippen molar-refractivity contribution in [2.45, 2.75) is 24.1 Å². The summed E-state index contributed by atoms with van der Waals surface area (Å²) in [4.78, 5) is 28.9. The lowest BCUT2D eigenvalue weighted by atomic mass is 10.0. The maximum Gasteiger partial charge on any atom is 0.256 e. The molecule has 3 heterocycles. The molecule has 0 saturated heterocycles. The molecule has 11 heteroatoms. The Morgan fingerprint density at radius 2 is 1.95 bits per heavy atom. The quantitative estimate of drug-likeness (QED) is 0.308. The van der Waals surface area contributed by atoms with Gasteiger partial charge in [0.15, 0.2) is 9.84 Å². The van der Waals surface area contributed by atoms with Gasteiger partial charge in [-0.15, -0.1) is 5.10 Å². The highest BCUT2D eigenvalue weighted by atomic mass is 32.2. The second kappa shape index (κ2) is 9.86. The monoisotopic (exact) mass is 516 g/mol. The molecule has 37 heavy (non-hydrogen) atoms. The van der Waals surface area contributed by atoms with E-state index in [1.807, 2.05) is 13.0 Å². The van der Waals surface area contributed by atoms with Crippen LogP contribution < -0.4 is 10.6 Å². The number of sulfone groups is 1. The van der Waals surface area contributed by atoms with Crippen LogP contribution in [-0.2, 0) is 26.9 Å². The maximum absolute atomic E-state index is 13.1. The lowest BCUT2D eigenvalue weighted by molar-refractivity contribution is -0.110. The minimum absolute atomic E-state index is 0.117. The van der Waals surface area contributed by atoms with Crippen molar-refractivity contribution in [3.63, 3.8) is 0 Å². The molecule has 5 rings (SSSR count). The van der Waals surface area contributed by atoms with E-state index in [0.717, 1.165) is 5.69 Å². The van der Waals surface area contributed by atoms with Gasteiger partial charge in [-0.05, 0) is 42.8 Å². The third-order valence-electron chi connectivity index (χ3n) is 5.95. The maximum atomic E-state index is 13.1. The van der Waals surface area contributed by atoms with Gasteiger partial charge in [-0.1, -0.05) is 35.5 Å². The topological polar surface area (TPSA) is 139 Å². The van der Waals surface area contributed by atoms with Gasteiger partial charge in [0.25, 0.3) is 11.8 Å². The number of carbonyl (C=O) groups is 2. The summed E-state index contributed by atoms with van der Waals surface area (Å²) in [6, 6.07) is 15.2. The Kier molecular flexibility index (Phi) is 6.45. The molecule has 0 fully saturated rings. The molecular weight excluding hydrogens is 492 g/mol. The number of nitrogens with one attached hydrogen (secondary N) is 3. The van der Waals surface area contributed by atoms with Gasteiger partial charge in [-0.2, -0.15) is 0 Å². The van der Waals surface area contributed by atoms with Crippen LogP contribution in [0.4, 0.5) is 5.69 Å². The largest absolute Gasteiger partial charge is 0.358 e. The normalized spacial score (nSPS) is 14.0. The molecule has 0 radical (unpaired) electrons. The lowest BCUT2D eigenvalue weighted by Crippen LogP contribution is -2.27. The average molecular weight is 517 g/mol. The third-order valence-corrected chi connectivity index (χ3v) is 7.63. The minimum atomic E-state index is -3.64. The van der Waals surface area contributed by atoms with Crippen molar-refractivity contribution in [1.82, 2.24) is 25.3 Å². The van der Waals surface area contributed by atoms with E-state index >= 15 is 0 Å². The van der Waals surface area contributed by atoms with Crippen molar-refractivity contribution in [2.24, 2.45) is 0 Å². The molecule has 0 bridgehead atoms. The zero-order valence-corrected chi connectivity index (χ0v) is 20.7. The number of amides is 2. The molecule has 0 aliphatic carbocycles. The van der Waals surface area contributed by atoms with Gasteiger partial charge in [0.2, 0.25) is 0 Å². The Labute approximate surface area is 213 Å². The number of rotatable bonds is 8. The number of fused-ring (bicyclic) bond motifs is 1. The highest BCUT2D eigenvalue weighted by molar-refractivity contribution is 7.90. The number of hydrogen-bond acceptors (Lipinski definition) is 6. The van der Waals surface area contributed by atoms with Crippen molar-refractivity contribution < 1.29 is 18.0 Å². The summed E-state index contributed by atoms with van der Waals surface area (Å²) < 4.78 is 27.8. The Morgan fingerprint density at radius 3 is 2.70 bits per heavy atom. The number of aromatic amines is 1. The summed E-state index contributed by atoms with van der Waals surface area (Å²) in [6.07, 6.45) is 4.84. The van der Waals surface area contributed by atoms with Crippen LogP contribution in [0.2, 0.25) is 0 Å². The smallest absolute Gasteiger partial charge is 0.256 e. The fraction of sp³-hybridized carbons (Fsp3) is 0.154. The van der Waals surface area contributed by atoms with Gasteiger partial charge >= 0.3 is 0 Å². The van der Waals surface area contributed by atoms with E-state index in [1.165, 1.54) is 12.1 Å². The first-order valence-corrected chi connectivity index (χ1v) is 13.2. The molecule has 4 aromatic rings. The van der Waals surface area contributed by atoms with Crippen LogP contribution >= 0.6 is 0 Å². The van der Waals surface area contributed by atoms with Crippen molar-refractivity contribution in [3.8, 4) is 0 Å². The highest BCUT2D eigenvalue weighted by Gasteiger charge is 2.28. The fourth-order valence-corrected chi connectivity index (χ4v) is 5.54. The van der Waals surface area contributed by atoms with Gasteiger partial charge in [0, 0.05) is 29.7 Å². The van der Waals surface area contributed by atoms with Gasteiger partial charge in [-0.25, -0.2) is 8.42 Å². The molecule has 2 aromatic heterocycles. The number of anilines is 1. The summed E-state index contributed by atoms with van der Waals surface area (Å²) in [5.74, 6) is -0.839. The lowest BCUT2D eigenvalue weighted by Gasteiger charge is -2.07. The van der Waals surface area contributed by atoms with Gasteiger partial charge in [0.05, 0.1) is 40.2 Å². The van der Waals surface area contributed by atoms with E-state index in [9.17, 15) is 18.0 Å². The van der Waals surface area contributed by atoms with Crippen LogP contribution in [0.5, 0.6) is 0 Å². The Morgan fingerprint density at radius 1 is 1.14 bits per heavy atom. The average Bonchev–Trinajstić information content (AvgIpc) is 3.59. The number of aromatic nitrogens is 4. The van der Waals surface area contributed by atoms with Crippen molar-refractivity contribution in [2.75, 3.05) is 11.9 Å². The molecule has 0 spiro atoms. The molecule has 1 aliphatic rings. The van der Waals surface area contributed by atoms with Crippen LogP contribution in [0.25, 0.3) is 11.6 Å². The third kappa shape index (κ3) is 5.21.